The number of piperidine rings is 1. The van der Waals surface area contributed by atoms with Crippen molar-refractivity contribution in [3.63, 3.8) is 0 Å². The molecule has 112 valence electrons. The van der Waals surface area contributed by atoms with Crippen molar-refractivity contribution in [2.75, 3.05) is 17.2 Å². The number of halogens is 1. The summed E-state index contributed by atoms with van der Waals surface area (Å²) in [6.45, 7) is 2.94. The second kappa shape index (κ2) is 5.66. The van der Waals surface area contributed by atoms with Crippen molar-refractivity contribution in [3.8, 4) is 0 Å². The maximum absolute atomic E-state index is 12.3. The van der Waals surface area contributed by atoms with Crippen LogP contribution in [-0.2, 0) is 16.0 Å². The topological polar surface area (TPSA) is 70.2 Å². The maximum Gasteiger partial charge on any atom is 0.228 e. The number of anilines is 2. The lowest BCUT2D eigenvalue weighted by atomic mass is 9.92. The summed E-state index contributed by atoms with van der Waals surface area (Å²) in [5.41, 5.74) is 2.19. The van der Waals surface area contributed by atoms with Crippen LogP contribution in [0.4, 0.5) is 11.4 Å². The van der Waals surface area contributed by atoms with E-state index in [0.717, 1.165) is 30.6 Å². The van der Waals surface area contributed by atoms with E-state index in [4.69, 9.17) is 11.6 Å². The zero-order valence-electron chi connectivity index (χ0n) is 11.8. The maximum atomic E-state index is 12.3. The quantitative estimate of drug-likeness (QED) is 0.784. The van der Waals surface area contributed by atoms with E-state index in [1.165, 1.54) is 0 Å². The van der Waals surface area contributed by atoms with Crippen LogP contribution in [0.2, 0.25) is 5.02 Å². The molecule has 0 radical (unpaired) electrons. The molecule has 0 aromatic heterocycles. The summed E-state index contributed by atoms with van der Waals surface area (Å²) in [5.74, 6) is -0.0375. The Bertz CT molecular complexity index is 603. The first-order valence-electron chi connectivity index (χ1n) is 7.19. The van der Waals surface area contributed by atoms with Gasteiger partial charge in [0.25, 0.3) is 0 Å². The third-order valence-electron chi connectivity index (χ3n) is 4.07. The van der Waals surface area contributed by atoms with Gasteiger partial charge in [-0.1, -0.05) is 11.6 Å². The van der Waals surface area contributed by atoms with E-state index >= 15 is 0 Å². The van der Waals surface area contributed by atoms with Crippen LogP contribution in [0, 0.1) is 5.92 Å². The van der Waals surface area contributed by atoms with Crippen molar-refractivity contribution in [1.82, 2.24) is 5.32 Å². The molecular formula is C15H18ClN3O2. The van der Waals surface area contributed by atoms with Crippen LogP contribution < -0.4 is 16.0 Å². The fourth-order valence-corrected chi connectivity index (χ4v) is 3.16. The average molecular weight is 308 g/mol. The molecule has 5 nitrogen and oxygen atoms in total. The number of amides is 2. The van der Waals surface area contributed by atoms with E-state index in [9.17, 15) is 9.59 Å². The van der Waals surface area contributed by atoms with Gasteiger partial charge in [0.2, 0.25) is 11.8 Å². The largest absolute Gasteiger partial charge is 0.325 e. The number of fused-ring (bicyclic) bond motifs is 1. The van der Waals surface area contributed by atoms with Crippen molar-refractivity contribution in [2.24, 2.45) is 5.92 Å². The number of carbonyl (C=O) groups excluding carboxylic acids is 2. The lowest BCUT2D eigenvalue weighted by Gasteiger charge is -2.27. The Kier molecular flexibility index (Phi) is 3.87. The normalized spacial score (nSPS) is 24.4. The molecule has 21 heavy (non-hydrogen) atoms. The average Bonchev–Trinajstić information content (AvgIpc) is 2.78. The van der Waals surface area contributed by atoms with Crippen LogP contribution in [0.5, 0.6) is 0 Å². The molecule has 2 amide bonds. The fraction of sp³-hybridized carbons (Fsp3) is 0.467. The SMILES string of the molecule is CC1CC(C(=O)Nc2cc3c(cc2Cl)NC(=O)C3)CCN1. The number of rotatable bonds is 2. The van der Waals surface area contributed by atoms with E-state index in [2.05, 4.69) is 22.9 Å². The molecule has 2 atom stereocenters. The zero-order chi connectivity index (χ0) is 15.0. The number of hydrogen-bond acceptors (Lipinski definition) is 3. The van der Waals surface area contributed by atoms with Gasteiger partial charge in [-0.2, -0.15) is 0 Å². The van der Waals surface area contributed by atoms with Crippen molar-refractivity contribution >= 4 is 34.8 Å². The molecule has 1 fully saturated rings. The van der Waals surface area contributed by atoms with Crippen molar-refractivity contribution in [3.05, 3.63) is 22.7 Å². The minimum Gasteiger partial charge on any atom is -0.325 e. The van der Waals surface area contributed by atoms with E-state index in [-0.39, 0.29) is 17.7 Å². The number of hydrogen-bond donors (Lipinski definition) is 3. The molecule has 3 N–H and O–H groups in total. The Balaban J connectivity index is 1.74. The van der Waals surface area contributed by atoms with Gasteiger partial charge in [-0.25, -0.2) is 0 Å². The molecule has 0 bridgehead atoms. The highest BCUT2D eigenvalue weighted by Crippen LogP contribution is 2.33. The first kappa shape index (κ1) is 14.4. The molecule has 2 aliphatic rings. The van der Waals surface area contributed by atoms with E-state index in [0.29, 0.717) is 23.2 Å². The first-order valence-corrected chi connectivity index (χ1v) is 7.57. The minimum atomic E-state index is -0.0447. The smallest absolute Gasteiger partial charge is 0.228 e. The Hall–Kier alpha value is -1.59. The molecule has 0 spiro atoms. The molecule has 1 aromatic rings. The van der Waals surface area contributed by atoms with Crippen LogP contribution in [-0.4, -0.2) is 24.4 Å². The summed E-state index contributed by atoms with van der Waals surface area (Å²) in [4.78, 5) is 23.7. The highest BCUT2D eigenvalue weighted by atomic mass is 35.5. The third-order valence-corrected chi connectivity index (χ3v) is 4.38. The van der Waals surface area contributed by atoms with Gasteiger partial charge in [0, 0.05) is 17.6 Å². The van der Waals surface area contributed by atoms with Crippen LogP contribution in [0.15, 0.2) is 12.1 Å². The van der Waals surface area contributed by atoms with Gasteiger partial charge in [0.05, 0.1) is 17.1 Å². The number of carbonyl (C=O) groups is 2. The Morgan fingerprint density at radius 2 is 2.24 bits per heavy atom. The molecule has 2 heterocycles. The molecule has 0 saturated carbocycles. The van der Waals surface area contributed by atoms with Crippen LogP contribution in [0.3, 0.4) is 0 Å². The lowest BCUT2D eigenvalue weighted by molar-refractivity contribution is -0.121. The fourth-order valence-electron chi connectivity index (χ4n) is 2.95. The van der Waals surface area contributed by atoms with Gasteiger partial charge >= 0.3 is 0 Å². The van der Waals surface area contributed by atoms with E-state index in [1.807, 2.05) is 0 Å². The Morgan fingerprint density at radius 3 is 3.00 bits per heavy atom. The van der Waals surface area contributed by atoms with Crippen LogP contribution >= 0.6 is 11.6 Å². The molecule has 1 saturated heterocycles. The van der Waals surface area contributed by atoms with E-state index in [1.54, 1.807) is 12.1 Å². The van der Waals surface area contributed by atoms with Gasteiger partial charge in [0.1, 0.15) is 0 Å². The Morgan fingerprint density at radius 1 is 1.43 bits per heavy atom. The van der Waals surface area contributed by atoms with Crippen molar-refractivity contribution < 1.29 is 9.59 Å². The molecular weight excluding hydrogens is 290 g/mol. The van der Waals surface area contributed by atoms with Crippen molar-refractivity contribution in [1.29, 1.82) is 0 Å². The summed E-state index contributed by atoms with van der Waals surface area (Å²) >= 11 is 6.19. The number of benzene rings is 1. The molecule has 0 aliphatic carbocycles. The summed E-state index contributed by atoms with van der Waals surface area (Å²) in [5, 5.41) is 9.43. The second-order valence-electron chi connectivity index (χ2n) is 5.78. The first-order chi connectivity index (χ1) is 10.0. The predicted octanol–water partition coefficient (Wildman–Crippen LogP) is 2.16. The van der Waals surface area contributed by atoms with Crippen LogP contribution in [0.25, 0.3) is 0 Å². The van der Waals surface area contributed by atoms with E-state index < -0.39 is 0 Å². The minimum absolute atomic E-state index is 0.00230. The molecule has 2 aliphatic heterocycles. The highest BCUT2D eigenvalue weighted by molar-refractivity contribution is 6.34. The van der Waals surface area contributed by atoms with Gasteiger partial charge in [-0.15, -0.1) is 0 Å². The molecule has 2 unspecified atom stereocenters. The summed E-state index contributed by atoms with van der Waals surface area (Å²) in [6.07, 6.45) is 1.99. The van der Waals surface area contributed by atoms with Gasteiger partial charge in [-0.3, -0.25) is 9.59 Å². The van der Waals surface area contributed by atoms with Crippen LogP contribution in [0.1, 0.15) is 25.3 Å². The standard InChI is InChI=1S/C15H18ClN3O2/c1-8-4-9(2-3-17-8)15(21)19-13-5-10-6-14(20)18-12(10)7-11(13)16/h5,7-9,17H,2-4,6H2,1H3,(H,18,20)(H,19,21). The highest BCUT2D eigenvalue weighted by Gasteiger charge is 2.26. The van der Waals surface area contributed by atoms with Crippen molar-refractivity contribution in [2.45, 2.75) is 32.2 Å². The molecule has 1 aromatic carbocycles. The second-order valence-corrected chi connectivity index (χ2v) is 6.19. The molecule has 6 heteroatoms. The summed E-state index contributed by atoms with van der Waals surface area (Å²) in [6, 6.07) is 3.84. The Labute approximate surface area is 128 Å². The van der Waals surface area contributed by atoms with Gasteiger partial charge < -0.3 is 16.0 Å². The predicted molar refractivity (Wildman–Crippen MR) is 82.6 cm³/mol. The molecule has 3 rings (SSSR count). The van der Waals surface area contributed by atoms with Gasteiger partial charge in [-0.05, 0) is 44.0 Å². The summed E-state index contributed by atoms with van der Waals surface area (Å²) in [7, 11) is 0. The van der Waals surface area contributed by atoms with Gasteiger partial charge in [0.15, 0.2) is 0 Å². The number of nitrogens with one attached hydrogen (secondary N) is 3. The zero-order valence-corrected chi connectivity index (χ0v) is 12.6. The lowest BCUT2D eigenvalue weighted by Crippen LogP contribution is -2.40. The summed E-state index contributed by atoms with van der Waals surface area (Å²) < 4.78 is 0. The monoisotopic (exact) mass is 307 g/mol. The third kappa shape index (κ3) is 3.04.